The molecule has 1 N–H and O–H groups in total. The third kappa shape index (κ3) is 3.75. The molecule has 5 nitrogen and oxygen atoms in total. The molecule has 6 atom stereocenters. The van der Waals surface area contributed by atoms with Crippen molar-refractivity contribution in [1.82, 2.24) is 0 Å². The van der Waals surface area contributed by atoms with Crippen LogP contribution in [0.25, 0.3) is 0 Å². The molecule has 29 heavy (non-hydrogen) atoms. The van der Waals surface area contributed by atoms with Gasteiger partial charge in [-0.15, -0.1) is 0 Å². The van der Waals surface area contributed by atoms with Crippen LogP contribution in [0.4, 0.5) is 0 Å². The predicted octanol–water partition coefficient (Wildman–Crippen LogP) is 5.47. The zero-order valence-corrected chi connectivity index (χ0v) is 20.8. The molecule has 1 saturated carbocycles. The van der Waals surface area contributed by atoms with E-state index < -0.39 is 26.2 Å². The van der Waals surface area contributed by atoms with Gasteiger partial charge in [-0.1, -0.05) is 60.6 Å². The Morgan fingerprint density at radius 3 is 2.10 bits per heavy atom. The fourth-order valence-corrected chi connectivity index (χ4v) is 12.2. The molecule has 3 rings (SSSR count). The summed E-state index contributed by atoms with van der Waals surface area (Å²) in [5, 5.41) is 10.4. The number of carboxylic acid groups (broad SMARTS) is 1. The smallest absolute Gasteiger partial charge is 0.336 e. The molecule has 0 spiro atoms. The molecule has 168 valence electrons. The van der Waals surface area contributed by atoms with Gasteiger partial charge in [0.25, 0.3) is 0 Å². The first-order valence-electron chi connectivity index (χ1n) is 11.1. The molecule has 0 aromatic carbocycles. The first kappa shape index (κ1) is 24.6. The maximum atomic E-state index is 12.7. The summed E-state index contributed by atoms with van der Waals surface area (Å²) in [6.07, 6.45) is 0.252. The maximum absolute atomic E-state index is 12.7. The normalized spacial score (nSPS) is 35.0. The Bertz CT molecular complexity index is 595. The molecule has 2 aliphatic heterocycles. The van der Waals surface area contributed by atoms with Crippen molar-refractivity contribution >= 4 is 14.3 Å². The standard InChI is InChI=1S/C23H42O5Si/c1-13(2)20-18-11-17(9)23(22(24)25,28-21(18)26-10)19(20)12-27-29(14(3)4,15(5)6)16(7)8/h14-21H,1,11-12H2,2-10H3,(H,24,25)/t17-,18-,19+,20-,21?,23-/m1/s1. The van der Waals surface area contributed by atoms with E-state index in [1.165, 1.54) is 0 Å². The number of aliphatic carboxylic acids is 1. The van der Waals surface area contributed by atoms with Gasteiger partial charge in [0.2, 0.25) is 0 Å². The highest BCUT2D eigenvalue weighted by Gasteiger charge is 2.66. The van der Waals surface area contributed by atoms with Crippen LogP contribution in [0.3, 0.4) is 0 Å². The van der Waals surface area contributed by atoms with Crippen LogP contribution in [0.2, 0.25) is 16.6 Å². The topological polar surface area (TPSA) is 65.0 Å². The summed E-state index contributed by atoms with van der Waals surface area (Å²) >= 11 is 0. The van der Waals surface area contributed by atoms with Gasteiger partial charge in [0, 0.05) is 25.6 Å². The molecule has 0 aromatic heterocycles. The minimum Gasteiger partial charge on any atom is -0.479 e. The summed E-state index contributed by atoms with van der Waals surface area (Å²) in [6, 6.07) is 0. The zero-order valence-electron chi connectivity index (χ0n) is 19.8. The summed E-state index contributed by atoms with van der Waals surface area (Å²) in [5.74, 6) is -1.15. The lowest BCUT2D eigenvalue weighted by Crippen LogP contribution is -2.70. The summed E-state index contributed by atoms with van der Waals surface area (Å²) in [4.78, 5) is 12.7. The predicted molar refractivity (Wildman–Crippen MR) is 118 cm³/mol. The number of hydrogen-bond donors (Lipinski definition) is 1. The molecule has 3 fully saturated rings. The van der Waals surface area contributed by atoms with Gasteiger partial charge in [0.05, 0.1) is 0 Å². The van der Waals surface area contributed by atoms with Crippen LogP contribution in [-0.4, -0.2) is 45.0 Å². The van der Waals surface area contributed by atoms with Crippen LogP contribution in [0.1, 0.15) is 61.8 Å². The minimum absolute atomic E-state index is 0.0131. The van der Waals surface area contributed by atoms with Gasteiger partial charge in [0.1, 0.15) is 0 Å². The van der Waals surface area contributed by atoms with E-state index in [-0.39, 0.29) is 23.7 Å². The molecule has 2 saturated heterocycles. The SMILES string of the molecule is C=C(C)[C@@H]1[C@H]2C[C@@H](C)[C@@](C(=O)O)(OC2OC)[C@H]1CO[Si](C(C)C)(C(C)C)C(C)C. The second-order valence-corrected chi connectivity index (χ2v) is 15.7. The highest BCUT2D eigenvalue weighted by Crippen LogP contribution is 2.57. The Balaban J connectivity index is 2.50. The maximum Gasteiger partial charge on any atom is 0.336 e. The molecule has 6 heteroatoms. The van der Waals surface area contributed by atoms with E-state index in [0.29, 0.717) is 23.2 Å². The summed E-state index contributed by atoms with van der Waals surface area (Å²) < 4.78 is 18.7. The molecule has 0 amide bonds. The number of carbonyl (C=O) groups is 1. The fraction of sp³-hybridized carbons (Fsp3) is 0.870. The lowest BCUT2D eigenvalue weighted by Gasteiger charge is -2.60. The zero-order chi connectivity index (χ0) is 22.3. The average Bonchev–Trinajstić information content (AvgIpc) is 2.60. The van der Waals surface area contributed by atoms with E-state index >= 15 is 0 Å². The number of hydrogen-bond acceptors (Lipinski definition) is 4. The molecule has 2 bridgehead atoms. The first-order chi connectivity index (χ1) is 13.4. The van der Waals surface area contributed by atoms with Gasteiger partial charge >= 0.3 is 5.97 Å². The van der Waals surface area contributed by atoms with E-state index in [1.54, 1.807) is 7.11 Å². The van der Waals surface area contributed by atoms with Crippen LogP contribution in [0, 0.1) is 23.7 Å². The number of fused-ring (bicyclic) bond motifs is 3. The van der Waals surface area contributed by atoms with Crippen molar-refractivity contribution in [2.24, 2.45) is 23.7 Å². The number of allylic oxidation sites excluding steroid dienone is 1. The first-order valence-corrected chi connectivity index (χ1v) is 13.2. The van der Waals surface area contributed by atoms with E-state index in [0.717, 1.165) is 12.0 Å². The Morgan fingerprint density at radius 1 is 1.21 bits per heavy atom. The van der Waals surface area contributed by atoms with E-state index in [1.807, 2.05) is 13.8 Å². The Hall–Kier alpha value is -0.693. The monoisotopic (exact) mass is 426 g/mol. The molecule has 2 heterocycles. The molecule has 1 aliphatic carbocycles. The Morgan fingerprint density at radius 2 is 1.72 bits per heavy atom. The van der Waals surface area contributed by atoms with Crippen molar-refractivity contribution in [3.8, 4) is 0 Å². The van der Waals surface area contributed by atoms with Gasteiger partial charge in [-0.25, -0.2) is 4.79 Å². The number of rotatable bonds is 9. The molecule has 1 unspecified atom stereocenters. The summed E-state index contributed by atoms with van der Waals surface area (Å²) in [5.41, 5.74) is 1.02. The number of ether oxygens (including phenoxy) is 2. The van der Waals surface area contributed by atoms with Crippen molar-refractivity contribution < 1.29 is 23.8 Å². The molecular weight excluding hydrogens is 384 g/mol. The third-order valence-corrected chi connectivity index (χ3v) is 13.9. The third-order valence-electron chi connectivity index (χ3n) is 7.82. The van der Waals surface area contributed by atoms with Crippen LogP contribution >= 0.6 is 0 Å². The van der Waals surface area contributed by atoms with Gasteiger partial charge in [0.15, 0.2) is 20.2 Å². The van der Waals surface area contributed by atoms with Crippen LogP contribution in [0.15, 0.2) is 12.2 Å². The average molecular weight is 427 g/mol. The number of carboxylic acids is 1. The largest absolute Gasteiger partial charge is 0.479 e. The fourth-order valence-electron chi connectivity index (χ4n) is 6.74. The molecule has 0 radical (unpaired) electrons. The lowest BCUT2D eigenvalue weighted by molar-refractivity contribution is -0.329. The minimum atomic E-state index is -2.13. The highest BCUT2D eigenvalue weighted by molar-refractivity contribution is 6.77. The van der Waals surface area contributed by atoms with Gasteiger partial charge in [-0.2, -0.15) is 0 Å². The van der Waals surface area contributed by atoms with Crippen LogP contribution in [-0.2, 0) is 18.7 Å². The van der Waals surface area contributed by atoms with Crippen molar-refractivity contribution in [3.05, 3.63) is 12.2 Å². The number of methoxy groups -OCH3 is 1. The molecule has 0 aromatic rings. The Labute approximate surface area is 178 Å². The van der Waals surface area contributed by atoms with E-state index in [9.17, 15) is 9.90 Å². The van der Waals surface area contributed by atoms with Gasteiger partial charge in [-0.05, 0) is 41.8 Å². The van der Waals surface area contributed by atoms with Crippen LogP contribution in [0.5, 0.6) is 0 Å². The van der Waals surface area contributed by atoms with Crippen LogP contribution < -0.4 is 0 Å². The van der Waals surface area contributed by atoms with Gasteiger partial charge < -0.3 is 19.0 Å². The highest BCUT2D eigenvalue weighted by atomic mass is 28.4. The van der Waals surface area contributed by atoms with Crippen molar-refractivity contribution in [3.63, 3.8) is 0 Å². The quantitative estimate of drug-likeness (QED) is 0.391. The summed E-state index contributed by atoms with van der Waals surface area (Å²) in [6.45, 7) is 22.1. The van der Waals surface area contributed by atoms with Gasteiger partial charge in [-0.3, -0.25) is 0 Å². The second kappa shape index (κ2) is 8.81. The van der Waals surface area contributed by atoms with E-state index in [2.05, 4.69) is 48.1 Å². The van der Waals surface area contributed by atoms with Crippen molar-refractivity contribution in [1.29, 1.82) is 0 Å². The van der Waals surface area contributed by atoms with Crippen molar-refractivity contribution in [2.45, 2.75) is 90.3 Å². The second-order valence-electron chi connectivity index (χ2n) is 10.2. The van der Waals surface area contributed by atoms with Crippen molar-refractivity contribution in [2.75, 3.05) is 13.7 Å². The molecular formula is C23H42O5Si. The molecule has 3 aliphatic rings. The van der Waals surface area contributed by atoms with E-state index in [4.69, 9.17) is 13.9 Å². The lowest BCUT2D eigenvalue weighted by atomic mass is 9.55. The Kier molecular flexibility index (Phi) is 7.47. The summed E-state index contributed by atoms with van der Waals surface area (Å²) in [7, 11) is -0.530.